The number of halogens is 1. The summed E-state index contributed by atoms with van der Waals surface area (Å²) in [6, 6.07) is 29.9. The fourth-order valence-electron chi connectivity index (χ4n) is 3.52. The Hall–Kier alpha value is -3.17. The fraction of sp³-hybridized carbons (Fsp3) is 0. The molecule has 1 aromatic heterocycles. The van der Waals surface area contributed by atoms with E-state index < -0.39 is 0 Å². The Kier molecular flexibility index (Phi) is 4.10. The summed E-state index contributed by atoms with van der Waals surface area (Å²) in [6.07, 6.45) is 0. The third-order valence-corrected chi connectivity index (χ3v) is 5.43. The van der Waals surface area contributed by atoms with Crippen LogP contribution in [0.25, 0.3) is 44.2 Å². The first-order valence-electron chi connectivity index (χ1n) is 9.01. The quantitative estimate of drug-likeness (QED) is 0.283. The molecule has 4 aromatic carbocycles. The first kappa shape index (κ1) is 17.0. The molecule has 0 aliphatic carbocycles. The van der Waals surface area contributed by atoms with E-state index in [0.29, 0.717) is 21.9 Å². The molecule has 5 rings (SSSR count). The van der Waals surface area contributed by atoms with E-state index in [1.54, 1.807) is 0 Å². The number of rotatable bonds is 2. The minimum Gasteiger partial charge on any atom is -0.456 e. The van der Waals surface area contributed by atoms with E-state index in [1.807, 2.05) is 60.7 Å². The number of hydrogen-bond donors (Lipinski definition) is 0. The van der Waals surface area contributed by atoms with E-state index >= 15 is 0 Å². The second kappa shape index (κ2) is 6.77. The molecule has 0 radical (unpaired) electrons. The predicted molar refractivity (Wildman–Crippen MR) is 119 cm³/mol. The maximum Gasteiger partial charge on any atom is 0.200 e. The largest absolute Gasteiger partial charge is 0.456 e. The van der Waals surface area contributed by atoms with E-state index in [4.69, 9.17) is 4.42 Å². The molecule has 0 N–H and O–H groups in total. The molecule has 0 amide bonds. The highest BCUT2D eigenvalue weighted by Gasteiger charge is 2.10. The van der Waals surface area contributed by atoms with Gasteiger partial charge in [-0.2, -0.15) is 0 Å². The first-order valence-corrected chi connectivity index (χ1v) is 9.80. The SMILES string of the molecule is O=c1c2cc(Br)ccc2oc2ccc(-c3cccc(-c4ccccc4)c3)cc12. The summed E-state index contributed by atoms with van der Waals surface area (Å²) in [7, 11) is 0. The molecule has 0 bridgehead atoms. The van der Waals surface area contributed by atoms with Crippen LogP contribution in [0.2, 0.25) is 0 Å². The molecule has 0 aliphatic heterocycles. The van der Waals surface area contributed by atoms with Gasteiger partial charge in [-0.05, 0) is 58.7 Å². The van der Waals surface area contributed by atoms with Crippen molar-refractivity contribution in [1.29, 1.82) is 0 Å². The van der Waals surface area contributed by atoms with Crippen molar-refractivity contribution in [1.82, 2.24) is 0 Å². The van der Waals surface area contributed by atoms with Gasteiger partial charge in [0.15, 0.2) is 0 Å². The number of fused-ring (bicyclic) bond motifs is 2. The van der Waals surface area contributed by atoms with E-state index in [2.05, 4.69) is 46.3 Å². The highest BCUT2D eigenvalue weighted by molar-refractivity contribution is 9.10. The van der Waals surface area contributed by atoms with Crippen LogP contribution in [0, 0.1) is 0 Å². The topological polar surface area (TPSA) is 30.2 Å². The Labute approximate surface area is 170 Å². The Morgan fingerprint density at radius 2 is 1.18 bits per heavy atom. The van der Waals surface area contributed by atoms with Gasteiger partial charge in [0, 0.05) is 4.47 Å². The maximum atomic E-state index is 13.0. The molecule has 0 spiro atoms. The van der Waals surface area contributed by atoms with Gasteiger partial charge in [-0.25, -0.2) is 0 Å². The summed E-state index contributed by atoms with van der Waals surface area (Å²) >= 11 is 3.43. The molecule has 2 nitrogen and oxygen atoms in total. The van der Waals surface area contributed by atoms with Gasteiger partial charge in [0.25, 0.3) is 0 Å². The van der Waals surface area contributed by atoms with Crippen LogP contribution in [0.1, 0.15) is 0 Å². The monoisotopic (exact) mass is 426 g/mol. The van der Waals surface area contributed by atoms with Crippen molar-refractivity contribution in [3.8, 4) is 22.3 Å². The van der Waals surface area contributed by atoms with Crippen LogP contribution in [0.4, 0.5) is 0 Å². The van der Waals surface area contributed by atoms with Crippen molar-refractivity contribution in [2.45, 2.75) is 0 Å². The van der Waals surface area contributed by atoms with Gasteiger partial charge < -0.3 is 4.42 Å². The minimum atomic E-state index is -0.0152. The van der Waals surface area contributed by atoms with Crippen LogP contribution in [-0.2, 0) is 0 Å². The van der Waals surface area contributed by atoms with Crippen LogP contribution in [0.15, 0.2) is 105 Å². The van der Waals surface area contributed by atoms with Crippen molar-refractivity contribution >= 4 is 37.9 Å². The number of hydrogen-bond acceptors (Lipinski definition) is 2. The third-order valence-electron chi connectivity index (χ3n) is 4.93. The minimum absolute atomic E-state index is 0.0152. The van der Waals surface area contributed by atoms with Gasteiger partial charge in [0.05, 0.1) is 10.8 Å². The molecular weight excluding hydrogens is 412 g/mol. The van der Waals surface area contributed by atoms with Gasteiger partial charge >= 0.3 is 0 Å². The van der Waals surface area contributed by atoms with Crippen molar-refractivity contribution < 1.29 is 4.42 Å². The lowest BCUT2D eigenvalue weighted by Crippen LogP contribution is -2.02. The molecule has 0 fully saturated rings. The lowest BCUT2D eigenvalue weighted by atomic mass is 9.98. The van der Waals surface area contributed by atoms with Crippen LogP contribution < -0.4 is 5.43 Å². The zero-order valence-electron chi connectivity index (χ0n) is 14.9. The van der Waals surface area contributed by atoms with E-state index in [9.17, 15) is 4.79 Å². The summed E-state index contributed by atoms with van der Waals surface area (Å²) < 4.78 is 6.80. The normalized spacial score (nSPS) is 11.2. The molecule has 1 heterocycles. The molecule has 134 valence electrons. The summed E-state index contributed by atoms with van der Waals surface area (Å²) in [5.41, 5.74) is 5.55. The molecule has 28 heavy (non-hydrogen) atoms. The smallest absolute Gasteiger partial charge is 0.200 e. The average Bonchev–Trinajstić information content (AvgIpc) is 2.75. The van der Waals surface area contributed by atoms with Gasteiger partial charge in [-0.15, -0.1) is 0 Å². The van der Waals surface area contributed by atoms with Crippen LogP contribution in [0.3, 0.4) is 0 Å². The predicted octanol–water partition coefficient (Wildman–Crippen LogP) is 7.04. The Balaban J connectivity index is 1.69. The van der Waals surface area contributed by atoms with Gasteiger partial charge in [-0.1, -0.05) is 70.5 Å². The fourth-order valence-corrected chi connectivity index (χ4v) is 3.88. The van der Waals surface area contributed by atoms with Crippen molar-refractivity contribution in [3.05, 3.63) is 106 Å². The Bertz CT molecular complexity index is 1380. The average molecular weight is 427 g/mol. The van der Waals surface area contributed by atoms with Gasteiger partial charge in [0.2, 0.25) is 5.43 Å². The zero-order chi connectivity index (χ0) is 19.1. The third kappa shape index (κ3) is 2.94. The van der Waals surface area contributed by atoms with Crippen LogP contribution in [0.5, 0.6) is 0 Å². The van der Waals surface area contributed by atoms with Crippen molar-refractivity contribution in [2.24, 2.45) is 0 Å². The van der Waals surface area contributed by atoms with E-state index in [1.165, 1.54) is 5.56 Å². The van der Waals surface area contributed by atoms with Crippen LogP contribution >= 0.6 is 15.9 Å². The lowest BCUT2D eigenvalue weighted by Gasteiger charge is -2.08. The molecule has 0 aliphatic rings. The standard InChI is InChI=1S/C25H15BrO2/c26-20-10-12-24-22(15-20)25(27)21-14-19(9-11-23(21)28-24)18-8-4-7-17(13-18)16-5-2-1-3-6-16/h1-15H. The van der Waals surface area contributed by atoms with Crippen molar-refractivity contribution in [2.75, 3.05) is 0 Å². The van der Waals surface area contributed by atoms with Gasteiger partial charge in [-0.3, -0.25) is 4.79 Å². The lowest BCUT2D eigenvalue weighted by molar-refractivity contribution is 0.660. The highest BCUT2D eigenvalue weighted by atomic mass is 79.9. The molecule has 0 unspecified atom stereocenters. The second-order valence-electron chi connectivity index (χ2n) is 6.73. The van der Waals surface area contributed by atoms with Crippen molar-refractivity contribution in [3.63, 3.8) is 0 Å². The molecule has 0 saturated carbocycles. The van der Waals surface area contributed by atoms with Gasteiger partial charge in [0.1, 0.15) is 11.2 Å². The molecular formula is C25H15BrO2. The summed E-state index contributed by atoms with van der Waals surface area (Å²) in [5.74, 6) is 0. The zero-order valence-corrected chi connectivity index (χ0v) is 16.4. The summed E-state index contributed by atoms with van der Waals surface area (Å²) in [4.78, 5) is 13.0. The highest BCUT2D eigenvalue weighted by Crippen LogP contribution is 2.29. The molecule has 0 atom stereocenters. The molecule has 0 saturated heterocycles. The summed E-state index contributed by atoms with van der Waals surface area (Å²) in [6.45, 7) is 0. The Morgan fingerprint density at radius 3 is 1.96 bits per heavy atom. The molecule has 3 heteroatoms. The van der Waals surface area contributed by atoms with E-state index in [-0.39, 0.29) is 5.43 Å². The second-order valence-corrected chi connectivity index (χ2v) is 7.65. The molecule has 5 aromatic rings. The Morgan fingerprint density at radius 1 is 0.571 bits per heavy atom. The maximum absolute atomic E-state index is 13.0. The summed E-state index contributed by atoms with van der Waals surface area (Å²) in [5, 5.41) is 1.17. The van der Waals surface area contributed by atoms with Crippen LogP contribution in [-0.4, -0.2) is 0 Å². The van der Waals surface area contributed by atoms with E-state index in [0.717, 1.165) is 21.2 Å². The first-order chi connectivity index (χ1) is 13.7. The number of benzene rings is 4.